The van der Waals surface area contributed by atoms with Crippen LogP contribution in [0.25, 0.3) is 0 Å². The number of aryl methyl sites for hydroxylation is 1. The van der Waals surface area contributed by atoms with Crippen molar-refractivity contribution >= 4 is 34.6 Å². The zero-order valence-corrected chi connectivity index (χ0v) is 14.5. The molecule has 124 valence electrons. The van der Waals surface area contributed by atoms with Gasteiger partial charge in [-0.3, -0.25) is 4.79 Å². The highest BCUT2D eigenvalue weighted by Gasteiger charge is 2.21. The first kappa shape index (κ1) is 16.5. The Balaban J connectivity index is 1.58. The molecule has 0 atom stereocenters. The fourth-order valence-corrected chi connectivity index (χ4v) is 3.03. The average molecular weight is 339 g/mol. The molecule has 5 heteroatoms. The molecular formula is C19H21N3OS. The van der Waals surface area contributed by atoms with Gasteiger partial charge in [-0.05, 0) is 61.0 Å². The maximum Gasteiger partial charge on any atom is 0.227 e. The van der Waals surface area contributed by atoms with Crippen LogP contribution < -0.4 is 15.5 Å². The number of anilines is 2. The molecule has 24 heavy (non-hydrogen) atoms. The van der Waals surface area contributed by atoms with Gasteiger partial charge in [-0.1, -0.05) is 24.3 Å². The number of carbonyl (C=O) groups excluding carboxylic acids is 1. The molecule has 2 N–H and O–H groups in total. The van der Waals surface area contributed by atoms with Crippen LogP contribution in [0.2, 0.25) is 0 Å². The van der Waals surface area contributed by atoms with Crippen LogP contribution in [0.15, 0.2) is 48.5 Å². The molecule has 0 radical (unpaired) electrons. The highest BCUT2D eigenvalue weighted by molar-refractivity contribution is 7.80. The number of hydrogen-bond donors (Lipinski definition) is 2. The molecule has 0 saturated carbocycles. The molecule has 4 nitrogen and oxygen atoms in total. The summed E-state index contributed by atoms with van der Waals surface area (Å²) < 4.78 is 0. The van der Waals surface area contributed by atoms with Gasteiger partial charge >= 0.3 is 0 Å². The lowest BCUT2D eigenvalue weighted by Crippen LogP contribution is -2.28. The summed E-state index contributed by atoms with van der Waals surface area (Å²) in [5.41, 5.74) is 4.23. The molecule has 0 spiro atoms. The van der Waals surface area contributed by atoms with Crippen molar-refractivity contribution in [2.75, 3.05) is 16.8 Å². The van der Waals surface area contributed by atoms with E-state index in [-0.39, 0.29) is 5.91 Å². The summed E-state index contributed by atoms with van der Waals surface area (Å²) in [5.74, 6) is 0.205. The van der Waals surface area contributed by atoms with Crippen LogP contribution >= 0.6 is 12.2 Å². The summed E-state index contributed by atoms with van der Waals surface area (Å²) in [5, 5.41) is 6.98. The number of rotatable bonds is 4. The molecular weight excluding hydrogens is 318 g/mol. The van der Waals surface area contributed by atoms with E-state index in [1.807, 2.05) is 60.4 Å². The summed E-state index contributed by atoms with van der Waals surface area (Å²) in [6.45, 7) is 3.48. The Labute approximate surface area is 147 Å². The van der Waals surface area contributed by atoms with Crippen molar-refractivity contribution < 1.29 is 4.79 Å². The van der Waals surface area contributed by atoms with Gasteiger partial charge in [0.25, 0.3) is 0 Å². The fraction of sp³-hybridized carbons (Fsp3) is 0.263. The number of amides is 1. The van der Waals surface area contributed by atoms with Gasteiger partial charge < -0.3 is 15.5 Å². The van der Waals surface area contributed by atoms with E-state index in [9.17, 15) is 4.79 Å². The van der Waals surface area contributed by atoms with Crippen molar-refractivity contribution in [3.05, 3.63) is 59.7 Å². The van der Waals surface area contributed by atoms with Crippen LogP contribution in [-0.4, -0.2) is 17.6 Å². The van der Waals surface area contributed by atoms with Gasteiger partial charge in [-0.2, -0.15) is 0 Å². The second-order valence-corrected chi connectivity index (χ2v) is 6.40. The van der Waals surface area contributed by atoms with E-state index >= 15 is 0 Å². The molecule has 1 aliphatic heterocycles. The summed E-state index contributed by atoms with van der Waals surface area (Å²) in [6.07, 6.45) is 1.58. The van der Waals surface area contributed by atoms with Gasteiger partial charge in [0.15, 0.2) is 5.11 Å². The number of hydrogen-bond acceptors (Lipinski definition) is 2. The van der Waals surface area contributed by atoms with E-state index in [1.54, 1.807) is 0 Å². The summed E-state index contributed by atoms with van der Waals surface area (Å²) in [6, 6.07) is 16.1. The van der Waals surface area contributed by atoms with Crippen molar-refractivity contribution in [2.45, 2.75) is 26.3 Å². The largest absolute Gasteiger partial charge is 0.358 e. The number of carbonyl (C=O) groups is 1. The minimum absolute atomic E-state index is 0.205. The van der Waals surface area contributed by atoms with Crippen molar-refractivity contribution in [3.8, 4) is 0 Å². The van der Waals surface area contributed by atoms with E-state index in [2.05, 4.69) is 10.6 Å². The van der Waals surface area contributed by atoms with Gasteiger partial charge in [0, 0.05) is 30.9 Å². The molecule has 2 aromatic carbocycles. The monoisotopic (exact) mass is 339 g/mol. The smallest absolute Gasteiger partial charge is 0.227 e. The van der Waals surface area contributed by atoms with Crippen LogP contribution in [0, 0.1) is 6.92 Å². The third-order valence-electron chi connectivity index (χ3n) is 4.02. The third-order valence-corrected chi connectivity index (χ3v) is 4.27. The lowest BCUT2D eigenvalue weighted by molar-refractivity contribution is -0.117. The summed E-state index contributed by atoms with van der Waals surface area (Å²) in [4.78, 5) is 13.7. The van der Waals surface area contributed by atoms with Gasteiger partial charge in [0.1, 0.15) is 0 Å². The van der Waals surface area contributed by atoms with Crippen LogP contribution in [0.1, 0.15) is 24.0 Å². The molecule has 1 heterocycles. The Morgan fingerprint density at radius 2 is 2.04 bits per heavy atom. The molecule has 1 amide bonds. The third kappa shape index (κ3) is 4.11. The Kier molecular flexibility index (Phi) is 5.11. The van der Waals surface area contributed by atoms with E-state index < -0.39 is 0 Å². The Morgan fingerprint density at radius 3 is 2.79 bits per heavy atom. The van der Waals surface area contributed by atoms with Crippen LogP contribution in [0.4, 0.5) is 11.4 Å². The molecule has 2 aromatic rings. The van der Waals surface area contributed by atoms with E-state index in [0.717, 1.165) is 29.9 Å². The second kappa shape index (κ2) is 7.45. The summed E-state index contributed by atoms with van der Waals surface area (Å²) in [7, 11) is 0. The molecule has 0 aliphatic carbocycles. The van der Waals surface area contributed by atoms with Gasteiger partial charge in [0.2, 0.25) is 5.91 Å². The van der Waals surface area contributed by atoms with Crippen molar-refractivity contribution in [1.82, 2.24) is 5.32 Å². The molecule has 0 unspecified atom stereocenters. The van der Waals surface area contributed by atoms with E-state index in [4.69, 9.17) is 12.2 Å². The Morgan fingerprint density at radius 1 is 1.21 bits per heavy atom. The topological polar surface area (TPSA) is 44.4 Å². The number of thiocarbonyl (C=S) groups is 1. The molecule has 3 rings (SSSR count). The maximum atomic E-state index is 11.9. The lowest BCUT2D eigenvalue weighted by atomic mass is 10.2. The highest BCUT2D eigenvalue weighted by Crippen LogP contribution is 2.22. The molecule has 0 bridgehead atoms. The quantitative estimate of drug-likeness (QED) is 0.835. The molecule has 1 saturated heterocycles. The average Bonchev–Trinajstić information content (AvgIpc) is 2.99. The van der Waals surface area contributed by atoms with Crippen molar-refractivity contribution in [1.29, 1.82) is 0 Å². The van der Waals surface area contributed by atoms with Crippen molar-refractivity contribution in [2.24, 2.45) is 0 Å². The zero-order chi connectivity index (χ0) is 16.9. The molecule has 1 fully saturated rings. The summed E-state index contributed by atoms with van der Waals surface area (Å²) >= 11 is 5.35. The van der Waals surface area contributed by atoms with Crippen LogP contribution in [0.3, 0.4) is 0 Å². The fourth-order valence-electron chi connectivity index (χ4n) is 2.84. The minimum atomic E-state index is 0.205. The highest BCUT2D eigenvalue weighted by atomic mass is 32.1. The predicted octanol–water partition coefficient (Wildman–Crippen LogP) is 3.61. The standard InChI is InChI=1S/C19H21N3OS/c1-14-5-2-7-16(11-14)21-19(24)20-13-15-6-3-8-17(12-15)22-10-4-9-18(22)23/h2-3,5-8,11-12H,4,9-10,13H2,1H3,(H2,20,21,24). The predicted molar refractivity (Wildman–Crippen MR) is 102 cm³/mol. The van der Waals surface area contributed by atoms with E-state index in [1.165, 1.54) is 5.56 Å². The zero-order valence-electron chi connectivity index (χ0n) is 13.7. The normalized spacial score (nSPS) is 13.9. The van der Waals surface area contributed by atoms with Gasteiger partial charge in [-0.25, -0.2) is 0 Å². The molecule has 0 aromatic heterocycles. The molecule has 1 aliphatic rings. The minimum Gasteiger partial charge on any atom is -0.358 e. The lowest BCUT2D eigenvalue weighted by Gasteiger charge is -2.17. The van der Waals surface area contributed by atoms with Gasteiger partial charge in [-0.15, -0.1) is 0 Å². The Bertz CT molecular complexity index is 760. The van der Waals surface area contributed by atoms with Crippen LogP contribution in [0.5, 0.6) is 0 Å². The first-order valence-electron chi connectivity index (χ1n) is 8.13. The maximum absolute atomic E-state index is 11.9. The first-order valence-corrected chi connectivity index (χ1v) is 8.53. The van der Waals surface area contributed by atoms with E-state index in [0.29, 0.717) is 18.1 Å². The van der Waals surface area contributed by atoms with Gasteiger partial charge in [0.05, 0.1) is 0 Å². The number of nitrogens with zero attached hydrogens (tertiary/aromatic N) is 1. The Hall–Kier alpha value is -2.40. The number of nitrogens with one attached hydrogen (secondary N) is 2. The number of benzene rings is 2. The first-order chi connectivity index (χ1) is 11.6. The van der Waals surface area contributed by atoms with Crippen LogP contribution in [-0.2, 0) is 11.3 Å². The second-order valence-electron chi connectivity index (χ2n) is 6.00. The van der Waals surface area contributed by atoms with Crippen molar-refractivity contribution in [3.63, 3.8) is 0 Å². The SMILES string of the molecule is Cc1cccc(NC(=S)NCc2cccc(N3CCCC3=O)c2)c1.